The molecule has 37 heavy (non-hydrogen) atoms. The Labute approximate surface area is 215 Å². The van der Waals surface area contributed by atoms with Gasteiger partial charge in [0, 0.05) is 18.8 Å². The average molecular weight is 535 g/mol. The Bertz CT molecular complexity index is 1370. The minimum Gasteiger partial charge on any atom is -0.379 e. The largest absolute Gasteiger partial charge is 0.416 e. The number of aryl methyl sites for hydroxylation is 2. The Morgan fingerprint density at radius 3 is 2.35 bits per heavy atom. The van der Waals surface area contributed by atoms with Gasteiger partial charge in [-0.1, -0.05) is 49.7 Å². The maximum Gasteiger partial charge on any atom is 0.416 e. The van der Waals surface area contributed by atoms with Gasteiger partial charge in [-0.3, -0.25) is 0 Å². The number of carbonyl (C=O) groups is 1. The molecule has 6 nitrogen and oxygen atoms in total. The van der Waals surface area contributed by atoms with Crippen LogP contribution >= 0.6 is 0 Å². The lowest BCUT2D eigenvalue weighted by atomic mass is 10.1. The molecule has 3 rings (SSSR count). The van der Waals surface area contributed by atoms with E-state index >= 15 is 0 Å². The summed E-state index contributed by atoms with van der Waals surface area (Å²) in [6.45, 7) is 8.41. The summed E-state index contributed by atoms with van der Waals surface area (Å²) in [5.74, 6) is 0.0831. The van der Waals surface area contributed by atoms with Crippen molar-refractivity contribution in [3.05, 3.63) is 89.0 Å². The first-order valence-corrected chi connectivity index (χ1v) is 13.0. The molecular formula is C27H29F3N2O4S. The van der Waals surface area contributed by atoms with E-state index in [2.05, 4.69) is 5.32 Å². The molecule has 10 heteroatoms. The van der Waals surface area contributed by atoms with Crippen molar-refractivity contribution in [1.29, 1.82) is 0 Å². The molecule has 0 heterocycles. The van der Waals surface area contributed by atoms with Gasteiger partial charge >= 0.3 is 22.3 Å². The maximum absolute atomic E-state index is 13.1. The van der Waals surface area contributed by atoms with E-state index in [0.717, 1.165) is 29.3 Å². The second-order valence-corrected chi connectivity index (χ2v) is 10.8. The highest BCUT2D eigenvalue weighted by atomic mass is 32.2. The van der Waals surface area contributed by atoms with E-state index in [1.165, 1.54) is 12.1 Å². The van der Waals surface area contributed by atoms with Crippen molar-refractivity contribution in [3.63, 3.8) is 0 Å². The number of benzene rings is 3. The van der Waals surface area contributed by atoms with Gasteiger partial charge in [0.25, 0.3) is 0 Å². The molecule has 0 saturated carbocycles. The van der Waals surface area contributed by atoms with Crippen LogP contribution in [0, 0.1) is 19.8 Å². The van der Waals surface area contributed by atoms with Crippen LogP contribution in [-0.4, -0.2) is 25.9 Å². The van der Waals surface area contributed by atoms with E-state index in [9.17, 15) is 26.4 Å². The lowest BCUT2D eigenvalue weighted by molar-refractivity contribution is -0.137. The molecule has 0 aliphatic heterocycles. The maximum atomic E-state index is 13.1. The fraction of sp³-hybridized carbons (Fsp3) is 0.296. The summed E-state index contributed by atoms with van der Waals surface area (Å²) in [5, 5.41) is 2.92. The third-order valence-electron chi connectivity index (χ3n) is 5.42. The molecule has 0 aliphatic carbocycles. The highest BCUT2D eigenvalue weighted by Crippen LogP contribution is 2.31. The van der Waals surface area contributed by atoms with Crippen molar-refractivity contribution >= 4 is 21.8 Å². The number of urea groups is 1. The zero-order chi connectivity index (χ0) is 27.4. The summed E-state index contributed by atoms with van der Waals surface area (Å²) in [6, 6.07) is 14.8. The monoisotopic (exact) mass is 534 g/mol. The van der Waals surface area contributed by atoms with Gasteiger partial charge in [0.2, 0.25) is 0 Å². The van der Waals surface area contributed by atoms with E-state index in [1.54, 1.807) is 17.0 Å². The Hall–Kier alpha value is -3.53. The second kappa shape index (κ2) is 11.2. The molecule has 3 aromatic rings. The smallest absolute Gasteiger partial charge is 0.379 e. The topological polar surface area (TPSA) is 75.7 Å². The summed E-state index contributed by atoms with van der Waals surface area (Å²) >= 11 is 0. The second-order valence-electron chi connectivity index (χ2n) is 9.23. The Morgan fingerprint density at radius 2 is 1.70 bits per heavy atom. The van der Waals surface area contributed by atoms with Crippen molar-refractivity contribution < 1.29 is 30.6 Å². The fourth-order valence-corrected chi connectivity index (χ4v) is 4.70. The third kappa shape index (κ3) is 7.72. The number of anilines is 1. The summed E-state index contributed by atoms with van der Waals surface area (Å²) in [6.07, 6.45) is -4.69. The quantitative estimate of drug-likeness (QED) is 0.323. The summed E-state index contributed by atoms with van der Waals surface area (Å²) in [5.41, 5.74) is 2.19. The van der Waals surface area contributed by atoms with Gasteiger partial charge in [0.05, 0.1) is 5.56 Å². The molecule has 0 spiro atoms. The van der Waals surface area contributed by atoms with E-state index in [4.69, 9.17) is 4.18 Å². The summed E-state index contributed by atoms with van der Waals surface area (Å²) in [4.78, 5) is 14.1. The molecule has 1 N–H and O–H groups in total. The molecule has 0 bridgehead atoms. The van der Waals surface area contributed by atoms with Gasteiger partial charge in [0.1, 0.15) is 10.6 Å². The van der Waals surface area contributed by atoms with Crippen molar-refractivity contribution in [2.45, 2.75) is 45.3 Å². The molecule has 2 amide bonds. The van der Waals surface area contributed by atoms with Gasteiger partial charge in [-0.05, 0) is 67.3 Å². The van der Waals surface area contributed by atoms with Crippen molar-refractivity contribution in [3.8, 4) is 5.75 Å². The van der Waals surface area contributed by atoms with Gasteiger partial charge in [0.15, 0.2) is 0 Å². The molecule has 3 aromatic carbocycles. The van der Waals surface area contributed by atoms with Gasteiger partial charge in [-0.25, -0.2) is 4.79 Å². The Kier molecular flexibility index (Phi) is 8.53. The molecule has 0 saturated heterocycles. The van der Waals surface area contributed by atoms with Crippen molar-refractivity contribution in [2.24, 2.45) is 5.92 Å². The van der Waals surface area contributed by atoms with Crippen LogP contribution in [0.25, 0.3) is 0 Å². The number of nitrogens with one attached hydrogen (secondary N) is 1. The molecular weight excluding hydrogens is 505 g/mol. The third-order valence-corrected chi connectivity index (χ3v) is 6.67. The highest BCUT2D eigenvalue weighted by Gasteiger charge is 2.32. The van der Waals surface area contributed by atoms with Crippen LogP contribution < -0.4 is 9.50 Å². The molecule has 0 atom stereocenters. The number of hydrogen-bond donors (Lipinski definition) is 1. The minimum absolute atomic E-state index is 0.0748. The van der Waals surface area contributed by atoms with Crippen LogP contribution in [0.5, 0.6) is 5.75 Å². The minimum atomic E-state index is -4.69. The Morgan fingerprint density at radius 1 is 1.00 bits per heavy atom. The number of rotatable bonds is 8. The van der Waals surface area contributed by atoms with E-state index < -0.39 is 26.8 Å². The molecule has 198 valence electrons. The lowest BCUT2D eigenvalue weighted by Crippen LogP contribution is -2.37. The summed E-state index contributed by atoms with van der Waals surface area (Å²) < 4.78 is 69.5. The summed E-state index contributed by atoms with van der Waals surface area (Å²) in [7, 11) is -4.52. The zero-order valence-electron chi connectivity index (χ0n) is 21.0. The van der Waals surface area contributed by atoms with E-state index in [0.29, 0.717) is 23.9 Å². The first-order valence-electron chi connectivity index (χ1n) is 11.6. The molecule has 0 fully saturated rings. The first-order chi connectivity index (χ1) is 17.2. The first kappa shape index (κ1) is 28.0. The number of halogens is 3. The fourth-order valence-electron chi connectivity index (χ4n) is 3.73. The predicted octanol–water partition coefficient (Wildman–Crippen LogP) is 6.78. The number of alkyl halides is 3. The Balaban J connectivity index is 1.80. The standard InChI is InChI=1S/C27H29F3N2O4S/c1-18(2)16-32(26(33)31-25-12-11-19(3)13-20(25)4)17-21-7-5-9-23(14-21)36-37(34,35)24-10-6-8-22(15-24)27(28,29)30/h5-15,18H,16-17H2,1-4H3,(H,31,33). The zero-order valence-corrected chi connectivity index (χ0v) is 21.8. The average Bonchev–Trinajstić information content (AvgIpc) is 2.79. The number of amides is 2. The van der Waals surface area contributed by atoms with Gasteiger partial charge in [-0.15, -0.1) is 0 Å². The molecule has 0 unspecified atom stereocenters. The number of carbonyl (C=O) groups excluding carboxylic acids is 1. The van der Waals surface area contributed by atoms with E-state index in [1.807, 2.05) is 45.9 Å². The highest BCUT2D eigenvalue weighted by molar-refractivity contribution is 7.87. The predicted molar refractivity (Wildman–Crippen MR) is 136 cm³/mol. The van der Waals surface area contributed by atoms with Crippen molar-refractivity contribution in [2.75, 3.05) is 11.9 Å². The van der Waals surface area contributed by atoms with Gasteiger partial charge in [-0.2, -0.15) is 21.6 Å². The van der Waals surface area contributed by atoms with Crippen LogP contribution in [0.4, 0.5) is 23.7 Å². The van der Waals surface area contributed by atoms with Crippen LogP contribution in [0.1, 0.15) is 36.1 Å². The van der Waals surface area contributed by atoms with Crippen molar-refractivity contribution in [1.82, 2.24) is 4.90 Å². The van der Waals surface area contributed by atoms with E-state index in [-0.39, 0.29) is 24.2 Å². The van der Waals surface area contributed by atoms with Crippen LogP contribution in [0.15, 0.2) is 71.6 Å². The van der Waals surface area contributed by atoms with Crippen LogP contribution in [-0.2, 0) is 22.8 Å². The number of nitrogens with zero attached hydrogens (tertiary/aromatic N) is 1. The normalized spacial score (nSPS) is 11.9. The molecule has 0 aromatic heterocycles. The molecule has 0 aliphatic rings. The van der Waals surface area contributed by atoms with Gasteiger partial charge < -0.3 is 14.4 Å². The number of hydrogen-bond acceptors (Lipinski definition) is 4. The lowest BCUT2D eigenvalue weighted by Gasteiger charge is -2.25. The van der Waals surface area contributed by atoms with Crippen LogP contribution in [0.3, 0.4) is 0 Å². The molecule has 0 radical (unpaired) electrons. The van der Waals surface area contributed by atoms with Crippen LogP contribution in [0.2, 0.25) is 0 Å². The SMILES string of the molecule is Cc1ccc(NC(=O)N(Cc2cccc(OS(=O)(=O)c3cccc(C(F)(F)F)c3)c2)CC(C)C)c(C)c1.